The van der Waals surface area contributed by atoms with Crippen LogP contribution in [0.2, 0.25) is 0 Å². The van der Waals surface area contributed by atoms with Crippen molar-refractivity contribution in [2.24, 2.45) is 0 Å². The zero-order valence-corrected chi connectivity index (χ0v) is 44.6. The quantitative estimate of drug-likeness (QED) is 0.0272. The number of carbonyl (C=O) groups is 1. The highest BCUT2D eigenvalue weighted by Crippen LogP contribution is 2.38. The van der Waals surface area contributed by atoms with Crippen molar-refractivity contribution in [1.82, 2.24) is 5.32 Å². The van der Waals surface area contributed by atoms with Gasteiger partial charge in [-0.3, -0.25) is 9.36 Å². The van der Waals surface area contributed by atoms with Gasteiger partial charge in [0, 0.05) is 6.42 Å². The minimum Gasteiger partial charge on any atom is -0.756 e. The first kappa shape index (κ1) is 63.7. The number of phosphoric acid groups is 1. The number of aliphatic hydroxyl groups excluding tert-OH is 1. The molecule has 0 aromatic heterocycles. The van der Waals surface area contributed by atoms with E-state index in [1.165, 1.54) is 199 Å². The summed E-state index contributed by atoms with van der Waals surface area (Å²) in [4.78, 5) is 25.5. The lowest BCUT2D eigenvalue weighted by Gasteiger charge is -2.29. The summed E-state index contributed by atoms with van der Waals surface area (Å²) in [6.07, 6.45) is 60.6. The number of likely N-dealkylation sites (N-methyl/N-ethyl adjacent to an activating group) is 1. The van der Waals surface area contributed by atoms with Crippen LogP contribution in [0.25, 0.3) is 0 Å². The van der Waals surface area contributed by atoms with E-state index in [9.17, 15) is 19.4 Å². The molecule has 0 aliphatic carbocycles. The van der Waals surface area contributed by atoms with Gasteiger partial charge in [0.25, 0.3) is 7.82 Å². The molecule has 0 fully saturated rings. The number of allylic oxidation sites excluding steroid dienone is 5. The smallest absolute Gasteiger partial charge is 0.268 e. The van der Waals surface area contributed by atoms with Gasteiger partial charge in [-0.1, -0.05) is 243 Å². The van der Waals surface area contributed by atoms with Gasteiger partial charge in [0.1, 0.15) is 13.2 Å². The molecule has 0 bridgehead atoms. The lowest BCUT2D eigenvalue weighted by molar-refractivity contribution is -0.870. The molecule has 0 spiro atoms. The average molecular weight is 937 g/mol. The molecular formula is C56H109N2O6P. The van der Waals surface area contributed by atoms with E-state index >= 15 is 0 Å². The fraction of sp³-hybridized carbons (Fsp3) is 0.875. The first-order valence-corrected chi connectivity index (χ1v) is 29.3. The minimum absolute atomic E-state index is 0.000841. The van der Waals surface area contributed by atoms with E-state index in [2.05, 4.69) is 43.5 Å². The van der Waals surface area contributed by atoms with Gasteiger partial charge in [-0.05, 0) is 51.4 Å². The summed E-state index contributed by atoms with van der Waals surface area (Å²) in [7, 11) is 1.27. The zero-order valence-electron chi connectivity index (χ0n) is 43.7. The Bertz CT molecular complexity index is 1150. The highest BCUT2D eigenvalue weighted by molar-refractivity contribution is 7.45. The Hall–Kier alpha value is -1.28. The van der Waals surface area contributed by atoms with Crippen LogP contribution in [0, 0.1) is 0 Å². The number of hydrogen-bond donors (Lipinski definition) is 2. The van der Waals surface area contributed by atoms with Crippen molar-refractivity contribution in [3.05, 3.63) is 36.5 Å². The standard InChI is InChI=1S/C56H109N2O6P/c1-6-8-10-12-14-16-18-20-22-24-26-28-29-30-32-34-36-38-40-42-44-46-48-50-56(60)57-54(53-64-65(61,62)63-52-51-58(3,4)5)55(59)49-47-45-43-41-39-37-35-33-31-27-25-23-21-19-17-15-13-11-9-7-2/h18,20,24,26,47,49,54-55,59H,6-17,19,21-23,25,27-46,48,50-53H2,1-5H3,(H-,57,60,61,62)/b20-18-,26-24-,49-47+. The molecule has 0 rings (SSSR count). The van der Waals surface area contributed by atoms with Crippen LogP contribution >= 0.6 is 7.82 Å². The number of aliphatic hydroxyl groups is 1. The molecule has 0 heterocycles. The van der Waals surface area contributed by atoms with Crippen molar-refractivity contribution in [1.29, 1.82) is 0 Å². The lowest BCUT2D eigenvalue weighted by Crippen LogP contribution is -2.45. The summed E-state index contributed by atoms with van der Waals surface area (Å²) >= 11 is 0. The number of carbonyl (C=O) groups excluding carboxylic acids is 1. The normalized spacial score (nSPS) is 14.3. The van der Waals surface area contributed by atoms with E-state index in [-0.39, 0.29) is 19.1 Å². The molecule has 0 aromatic rings. The van der Waals surface area contributed by atoms with Crippen LogP contribution in [-0.2, 0) is 18.4 Å². The van der Waals surface area contributed by atoms with Crippen molar-refractivity contribution < 1.29 is 32.9 Å². The Morgan fingerprint density at radius 3 is 1.28 bits per heavy atom. The minimum atomic E-state index is -4.60. The third-order valence-electron chi connectivity index (χ3n) is 12.6. The number of amides is 1. The Morgan fingerprint density at radius 2 is 0.892 bits per heavy atom. The summed E-state index contributed by atoms with van der Waals surface area (Å²) in [6, 6.07) is -0.887. The third kappa shape index (κ3) is 50.4. The first-order valence-electron chi connectivity index (χ1n) is 27.9. The van der Waals surface area contributed by atoms with Gasteiger partial charge in [0.15, 0.2) is 0 Å². The van der Waals surface area contributed by atoms with Crippen LogP contribution in [-0.4, -0.2) is 68.5 Å². The Kier molecular flexibility index (Phi) is 46.8. The van der Waals surface area contributed by atoms with Crippen LogP contribution in [0.1, 0.15) is 264 Å². The predicted octanol–water partition coefficient (Wildman–Crippen LogP) is 16.0. The van der Waals surface area contributed by atoms with Gasteiger partial charge in [-0.25, -0.2) is 0 Å². The second kappa shape index (κ2) is 47.8. The van der Waals surface area contributed by atoms with Gasteiger partial charge in [0.2, 0.25) is 5.91 Å². The highest BCUT2D eigenvalue weighted by atomic mass is 31.2. The van der Waals surface area contributed by atoms with Crippen molar-refractivity contribution >= 4 is 13.7 Å². The van der Waals surface area contributed by atoms with Gasteiger partial charge in [-0.2, -0.15) is 0 Å². The van der Waals surface area contributed by atoms with Crippen molar-refractivity contribution in [3.8, 4) is 0 Å². The largest absolute Gasteiger partial charge is 0.756 e. The molecule has 0 aromatic carbocycles. The summed E-state index contributed by atoms with van der Waals surface area (Å²) in [5.41, 5.74) is 0. The monoisotopic (exact) mass is 937 g/mol. The van der Waals surface area contributed by atoms with E-state index in [0.29, 0.717) is 17.4 Å². The van der Waals surface area contributed by atoms with Gasteiger partial charge in [0.05, 0.1) is 39.9 Å². The SMILES string of the molecule is CCCCCCC/C=C\C/C=C\CCCCCCCCCCCCCC(=O)NC(COP(=O)([O-])OCC[N+](C)(C)C)C(O)/C=C/CCCCCCCCCCCCCCCCCCCC. The third-order valence-corrected chi connectivity index (χ3v) is 13.6. The summed E-state index contributed by atoms with van der Waals surface area (Å²) in [5, 5.41) is 13.9. The van der Waals surface area contributed by atoms with E-state index in [1.807, 2.05) is 27.2 Å². The number of nitrogens with zero attached hydrogens (tertiary/aromatic N) is 1. The van der Waals surface area contributed by atoms with Gasteiger partial charge in [-0.15, -0.1) is 0 Å². The number of hydrogen-bond acceptors (Lipinski definition) is 6. The van der Waals surface area contributed by atoms with Gasteiger partial charge >= 0.3 is 0 Å². The predicted molar refractivity (Wildman–Crippen MR) is 279 cm³/mol. The fourth-order valence-electron chi connectivity index (χ4n) is 8.18. The van der Waals surface area contributed by atoms with Crippen molar-refractivity contribution in [2.45, 2.75) is 276 Å². The fourth-order valence-corrected chi connectivity index (χ4v) is 8.91. The van der Waals surface area contributed by atoms with Crippen LogP contribution in [0.5, 0.6) is 0 Å². The Labute approximate surface area is 404 Å². The van der Waals surface area contributed by atoms with Crippen molar-refractivity contribution in [2.75, 3.05) is 40.9 Å². The maximum atomic E-state index is 13.0. The molecule has 3 atom stereocenters. The summed E-state index contributed by atoms with van der Waals surface area (Å²) in [5.74, 6) is -0.197. The molecule has 9 heteroatoms. The molecule has 8 nitrogen and oxygen atoms in total. The molecule has 0 radical (unpaired) electrons. The maximum Gasteiger partial charge on any atom is 0.268 e. The molecule has 384 valence electrons. The lowest BCUT2D eigenvalue weighted by atomic mass is 10.0. The molecular weight excluding hydrogens is 828 g/mol. The first-order chi connectivity index (χ1) is 31.5. The number of phosphoric ester groups is 1. The van der Waals surface area contributed by atoms with Crippen LogP contribution in [0.3, 0.4) is 0 Å². The second-order valence-electron chi connectivity index (χ2n) is 20.3. The molecule has 65 heavy (non-hydrogen) atoms. The molecule has 0 aliphatic heterocycles. The molecule has 1 amide bonds. The van der Waals surface area contributed by atoms with Crippen LogP contribution < -0.4 is 10.2 Å². The molecule has 0 saturated carbocycles. The number of rotatable bonds is 51. The highest BCUT2D eigenvalue weighted by Gasteiger charge is 2.23. The Morgan fingerprint density at radius 1 is 0.538 bits per heavy atom. The molecule has 0 saturated heterocycles. The molecule has 0 aliphatic rings. The van der Waals surface area contributed by atoms with Crippen LogP contribution in [0.4, 0.5) is 0 Å². The van der Waals surface area contributed by atoms with E-state index in [4.69, 9.17) is 9.05 Å². The maximum absolute atomic E-state index is 13.0. The van der Waals surface area contributed by atoms with Crippen molar-refractivity contribution in [3.63, 3.8) is 0 Å². The van der Waals surface area contributed by atoms with Gasteiger partial charge < -0.3 is 28.8 Å². The topological polar surface area (TPSA) is 108 Å². The summed E-state index contributed by atoms with van der Waals surface area (Å²) < 4.78 is 23.3. The number of nitrogens with one attached hydrogen (secondary N) is 1. The second-order valence-corrected chi connectivity index (χ2v) is 21.7. The average Bonchev–Trinajstić information content (AvgIpc) is 3.26. The van der Waals surface area contributed by atoms with Crippen LogP contribution in [0.15, 0.2) is 36.5 Å². The van der Waals surface area contributed by atoms with E-state index in [1.54, 1.807) is 6.08 Å². The van der Waals surface area contributed by atoms with E-state index in [0.717, 1.165) is 44.9 Å². The number of unbranched alkanes of at least 4 members (excludes halogenated alkanes) is 34. The molecule has 3 unspecified atom stereocenters. The molecule has 2 N–H and O–H groups in total. The van der Waals surface area contributed by atoms with E-state index < -0.39 is 20.0 Å². The Balaban J connectivity index is 4.24. The number of quaternary nitrogens is 1. The zero-order chi connectivity index (χ0) is 47.8. The summed E-state index contributed by atoms with van der Waals surface area (Å²) in [6.45, 7) is 4.67.